The van der Waals surface area contributed by atoms with Crippen LogP contribution in [-0.4, -0.2) is 21.4 Å². The number of nitrogens with zero attached hydrogens (tertiary/aromatic N) is 2. The van der Waals surface area contributed by atoms with Gasteiger partial charge in [0.15, 0.2) is 0 Å². The fraction of sp³-hybridized carbons (Fsp3) is 0.667. The first-order valence-electron chi connectivity index (χ1n) is 4.55. The van der Waals surface area contributed by atoms with Crippen molar-refractivity contribution < 1.29 is 5.11 Å². The average molecular weight is 183 g/mol. The van der Waals surface area contributed by atoms with Crippen molar-refractivity contribution in [2.45, 2.75) is 19.4 Å². The van der Waals surface area contributed by atoms with Crippen LogP contribution in [0.3, 0.4) is 0 Å². The van der Waals surface area contributed by atoms with E-state index in [0.717, 1.165) is 12.0 Å². The van der Waals surface area contributed by atoms with E-state index < -0.39 is 6.10 Å². The summed E-state index contributed by atoms with van der Waals surface area (Å²) in [4.78, 5) is 0. The predicted octanol–water partition coefficient (Wildman–Crippen LogP) is 0.438. The van der Waals surface area contributed by atoms with Crippen LogP contribution in [0, 0.1) is 5.92 Å². The fourth-order valence-corrected chi connectivity index (χ4v) is 1.38. The third-order valence-electron chi connectivity index (χ3n) is 2.34. The van der Waals surface area contributed by atoms with Gasteiger partial charge in [-0.25, -0.2) is 0 Å². The molecule has 0 aromatic carbocycles. The van der Waals surface area contributed by atoms with Crippen molar-refractivity contribution in [1.82, 2.24) is 9.78 Å². The Morgan fingerprint density at radius 3 is 2.77 bits per heavy atom. The summed E-state index contributed by atoms with van der Waals surface area (Å²) in [7, 11) is 1.83. The van der Waals surface area contributed by atoms with Gasteiger partial charge in [-0.05, 0) is 13.0 Å². The van der Waals surface area contributed by atoms with Gasteiger partial charge in [0.25, 0.3) is 0 Å². The van der Waals surface area contributed by atoms with Crippen molar-refractivity contribution in [3.05, 3.63) is 18.0 Å². The molecule has 0 amide bonds. The standard InChI is InChI=1S/C9H17N3O/c1-3-7(4-10)9(13)8-5-11-12(2)6-8/h5-7,9,13H,3-4,10H2,1-2H3. The molecule has 0 saturated heterocycles. The van der Waals surface area contributed by atoms with Crippen molar-refractivity contribution in [2.75, 3.05) is 6.54 Å². The Hall–Kier alpha value is -0.870. The zero-order valence-corrected chi connectivity index (χ0v) is 8.14. The van der Waals surface area contributed by atoms with Crippen LogP contribution in [0.2, 0.25) is 0 Å². The Labute approximate surface area is 78.4 Å². The maximum Gasteiger partial charge on any atom is 0.0860 e. The topological polar surface area (TPSA) is 64.1 Å². The van der Waals surface area contributed by atoms with Crippen LogP contribution < -0.4 is 5.73 Å². The number of nitrogens with two attached hydrogens (primary N) is 1. The monoisotopic (exact) mass is 183 g/mol. The molecule has 0 fully saturated rings. The van der Waals surface area contributed by atoms with Gasteiger partial charge in [0, 0.05) is 24.7 Å². The van der Waals surface area contributed by atoms with E-state index in [9.17, 15) is 5.11 Å². The van der Waals surface area contributed by atoms with Gasteiger partial charge in [-0.2, -0.15) is 5.10 Å². The molecule has 1 aromatic heterocycles. The molecular weight excluding hydrogens is 166 g/mol. The second kappa shape index (κ2) is 4.39. The molecule has 4 heteroatoms. The summed E-state index contributed by atoms with van der Waals surface area (Å²) in [6.07, 6.45) is 3.90. The van der Waals surface area contributed by atoms with E-state index in [2.05, 4.69) is 5.10 Å². The molecule has 1 aromatic rings. The quantitative estimate of drug-likeness (QED) is 0.712. The zero-order valence-electron chi connectivity index (χ0n) is 8.14. The highest BCUT2D eigenvalue weighted by Gasteiger charge is 2.18. The SMILES string of the molecule is CCC(CN)C(O)c1cnn(C)c1. The second-order valence-electron chi connectivity index (χ2n) is 3.30. The van der Waals surface area contributed by atoms with Gasteiger partial charge in [-0.3, -0.25) is 4.68 Å². The lowest BCUT2D eigenvalue weighted by Gasteiger charge is -2.18. The zero-order chi connectivity index (χ0) is 9.84. The summed E-state index contributed by atoms with van der Waals surface area (Å²) < 4.78 is 1.68. The average Bonchev–Trinajstić information content (AvgIpc) is 2.54. The Morgan fingerprint density at radius 2 is 2.38 bits per heavy atom. The number of rotatable bonds is 4. The molecule has 0 aliphatic carbocycles. The predicted molar refractivity (Wildman–Crippen MR) is 51.0 cm³/mol. The first kappa shape index (κ1) is 10.2. The van der Waals surface area contributed by atoms with Crippen LogP contribution in [0.1, 0.15) is 25.0 Å². The number of aryl methyl sites for hydroxylation is 1. The van der Waals surface area contributed by atoms with Crippen molar-refractivity contribution in [3.63, 3.8) is 0 Å². The van der Waals surface area contributed by atoms with Crippen LogP contribution in [-0.2, 0) is 7.05 Å². The largest absolute Gasteiger partial charge is 0.388 e. The van der Waals surface area contributed by atoms with Gasteiger partial charge in [0.1, 0.15) is 0 Å². The normalized spacial score (nSPS) is 15.7. The molecule has 2 unspecified atom stereocenters. The minimum atomic E-state index is -0.483. The van der Waals surface area contributed by atoms with E-state index in [1.54, 1.807) is 10.9 Å². The van der Waals surface area contributed by atoms with E-state index in [-0.39, 0.29) is 5.92 Å². The Bertz CT molecular complexity index is 255. The molecule has 0 radical (unpaired) electrons. The molecule has 1 heterocycles. The Morgan fingerprint density at radius 1 is 1.69 bits per heavy atom. The van der Waals surface area contributed by atoms with Crippen LogP contribution >= 0.6 is 0 Å². The maximum absolute atomic E-state index is 9.86. The van der Waals surface area contributed by atoms with Crippen molar-refractivity contribution in [1.29, 1.82) is 0 Å². The lowest BCUT2D eigenvalue weighted by molar-refractivity contribution is 0.110. The second-order valence-corrected chi connectivity index (χ2v) is 3.30. The molecular formula is C9H17N3O. The molecule has 0 aliphatic heterocycles. The van der Waals surface area contributed by atoms with Crippen LogP contribution in [0.15, 0.2) is 12.4 Å². The van der Waals surface area contributed by atoms with E-state index in [0.29, 0.717) is 6.54 Å². The highest BCUT2D eigenvalue weighted by molar-refractivity contribution is 5.08. The van der Waals surface area contributed by atoms with Gasteiger partial charge in [-0.1, -0.05) is 6.92 Å². The van der Waals surface area contributed by atoms with E-state index >= 15 is 0 Å². The minimum absolute atomic E-state index is 0.129. The van der Waals surface area contributed by atoms with E-state index in [1.165, 1.54) is 0 Å². The Balaban J connectivity index is 2.71. The van der Waals surface area contributed by atoms with Gasteiger partial charge in [0.2, 0.25) is 0 Å². The van der Waals surface area contributed by atoms with Gasteiger partial charge >= 0.3 is 0 Å². The molecule has 1 rings (SSSR count). The smallest absolute Gasteiger partial charge is 0.0860 e. The number of aliphatic hydroxyl groups is 1. The molecule has 13 heavy (non-hydrogen) atoms. The summed E-state index contributed by atoms with van der Waals surface area (Å²) in [6, 6.07) is 0. The van der Waals surface area contributed by atoms with Gasteiger partial charge < -0.3 is 10.8 Å². The van der Waals surface area contributed by atoms with Crippen molar-refractivity contribution >= 4 is 0 Å². The fourth-order valence-electron chi connectivity index (χ4n) is 1.38. The summed E-state index contributed by atoms with van der Waals surface area (Å²) in [5.74, 6) is 0.129. The molecule has 0 bridgehead atoms. The number of hydrogen-bond acceptors (Lipinski definition) is 3. The number of aliphatic hydroxyl groups excluding tert-OH is 1. The maximum atomic E-state index is 9.86. The molecule has 0 saturated carbocycles. The van der Waals surface area contributed by atoms with Crippen molar-refractivity contribution in [3.8, 4) is 0 Å². The van der Waals surface area contributed by atoms with E-state index in [1.807, 2.05) is 20.2 Å². The summed E-state index contributed by atoms with van der Waals surface area (Å²) in [5.41, 5.74) is 6.39. The first-order chi connectivity index (χ1) is 6.19. The van der Waals surface area contributed by atoms with Crippen LogP contribution in [0.25, 0.3) is 0 Å². The van der Waals surface area contributed by atoms with Crippen LogP contribution in [0.4, 0.5) is 0 Å². The molecule has 0 spiro atoms. The summed E-state index contributed by atoms with van der Waals surface area (Å²) in [6.45, 7) is 2.53. The molecule has 2 atom stereocenters. The Kier molecular flexibility index (Phi) is 3.45. The molecule has 3 N–H and O–H groups in total. The third-order valence-corrected chi connectivity index (χ3v) is 2.34. The number of hydrogen-bond donors (Lipinski definition) is 2. The lowest BCUT2D eigenvalue weighted by atomic mass is 9.96. The third kappa shape index (κ3) is 2.29. The van der Waals surface area contributed by atoms with Crippen LogP contribution in [0.5, 0.6) is 0 Å². The van der Waals surface area contributed by atoms with Crippen molar-refractivity contribution in [2.24, 2.45) is 18.7 Å². The van der Waals surface area contributed by atoms with Gasteiger partial charge in [0.05, 0.1) is 12.3 Å². The molecule has 0 aliphatic rings. The first-order valence-corrected chi connectivity index (χ1v) is 4.55. The van der Waals surface area contributed by atoms with E-state index in [4.69, 9.17) is 5.73 Å². The highest BCUT2D eigenvalue weighted by Crippen LogP contribution is 2.22. The van der Waals surface area contributed by atoms with Gasteiger partial charge in [-0.15, -0.1) is 0 Å². The summed E-state index contributed by atoms with van der Waals surface area (Å²) >= 11 is 0. The lowest BCUT2D eigenvalue weighted by Crippen LogP contribution is -2.20. The molecule has 74 valence electrons. The minimum Gasteiger partial charge on any atom is -0.388 e. The highest BCUT2D eigenvalue weighted by atomic mass is 16.3. The number of aromatic nitrogens is 2. The summed E-state index contributed by atoms with van der Waals surface area (Å²) in [5, 5.41) is 13.9. The molecule has 4 nitrogen and oxygen atoms in total.